The fourth-order valence-corrected chi connectivity index (χ4v) is 1.96. The van der Waals surface area contributed by atoms with E-state index in [0.29, 0.717) is 17.0 Å². The topological polar surface area (TPSA) is 67.2 Å². The molecular formula is C14H17N3O2. The van der Waals surface area contributed by atoms with E-state index in [2.05, 4.69) is 15.8 Å². The van der Waals surface area contributed by atoms with Gasteiger partial charge >= 0.3 is 0 Å². The summed E-state index contributed by atoms with van der Waals surface area (Å²) in [6.45, 7) is 4.24. The molecule has 1 aromatic heterocycles. The summed E-state index contributed by atoms with van der Waals surface area (Å²) in [4.78, 5) is 12.2. The van der Waals surface area contributed by atoms with Crippen molar-refractivity contribution in [2.75, 3.05) is 12.4 Å². The summed E-state index contributed by atoms with van der Waals surface area (Å²) in [6.07, 6.45) is 0. The van der Waals surface area contributed by atoms with Gasteiger partial charge in [-0.25, -0.2) is 0 Å². The molecule has 0 bridgehead atoms. The zero-order valence-electron chi connectivity index (χ0n) is 11.3. The van der Waals surface area contributed by atoms with Crippen molar-refractivity contribution in [3.05, 3.63) is 46.8 Å². The molecular weight excluding hydrogens is 242 g/mol. The van der Waals surface area contributed by atoms with E-state index in [1.165, 1.54) is 0 Å². The van der Waals surface area contributed by atoms with Crippen LogP contribution in [0.2, 0.25) is 0 Å². The Labute approximate surface area is 112 Å². The predicted octanol–water partition coefficient (Wildman–Crippen LogP) is 2.26. The molecule has 2 N–H and O–H groups in total. The maximum atomic E-state index is 12.2. The number of hydrogen-bond donors (Lipinski definition) is 2. The summed E-state index contributed by atoms with van der Waals surface area (Å²) in [5.41, 5.74) is 2.97. The van der Waals surface area contributed by atoms with Gasteiger partial charge < -0.3 is 15.2 Å². The number of aromatic nitrogens is 1. The van der Waals surface area contributed by atoms with Crippen molar-refractivity contribution in [2.24, 2.45) is 0 Å². The van der Waals surface area contributed by atoms with Gasteiger partial charge in [0, 0.05) is 12.2 Å². The quantitative estimate of drug-likeness (QED) is 0.883. The normalized spacial score (nSPS) is 10.5. The zero-order chi connectivity index (χ0) is 13.8. The lowest BCUT2D eigenvalue weighted by Crippen LogP contribution is -2.14. The highest BCUT2D eigenvalue weighted by Crippen LogP contribution is 2.16. The summed E-state index contributed by atoms with van der Waals surface area (Å²) < 4.78 is 5.00. The van der Waals surface area contributed by atoms with Crippen LogP contribution in [-0.4, -0.2) is 18.1 Å². The summed E-state index contributed by atoms with van der Waals surface area (Å²) in [6, 6.07) is 7.71. The highest BCUT2D eigenvalue weighted by molar-refractivity contribution is 6.05. The van der Waals surface area contributed by atoms with E-state index in [1.807, 2.05) is 31.3 Å². The van der Waals surface area contributed by atoms with E-state index in [-0.39, 0.29) is 5.91 Å². The highest BCUT2D eigenvalue weighted by atomic mass is 16.5. The molecule has 0 aliphatic carbocycles. The van der Waals surface area contributed by atoms with Crippen molar-refractivity contribution in [3.8, 4) is 0 Å². The van der Waals surface area contributed by atoms with E-state index < -0.39 is 0 Å². The molecule has 0 spiro atoms. The molecule has 2 aromatic rings. The number of aryl methyl sites for hydroxylation is 2. The Bertz CT molecular complexity index is 571. The molecule has 1 heterocycles. The van der Waals surface area contributed by atoms with E-state index in [1.54, 1.807) is 13.8 Å². The second-order valence-electron chi connectivity index (χ2n) is 4.38. The summed E-state index contributed by atoms with van der Waals surface area (Å²) in [5, 5.41) is 9.71. The van der Waals surface area contributed by atoms with Crippen LogP contribution in [-0.2, 0) is 6.54 Å². The molecule has 1 amide bonds. The number of hydrogen-bond acceptors (Lipinski definition) is 4. The van der Waals surface area contributed by atoms with E-state index in [0.717, 1.165) is 17.8 Å². The Morgan fingerprint density at radius 1 is 1.37 bits per heavy atom. The lowest BCUT2D eigenvalue weighted by molar-refractivity contribution is 0.102. The van der Waals surface area contributed by atoms with Gasteiger partial charge in [-0.2, -0.15) is 0 Å². The first-order valence-corrected chi connectivity index (χ1v) is 6.09. The third-order valence-electron chi connectivity index (χ3n) is 2.83. The molecule has 5 heteroatoms. The second kappa shape index (κ2) is 5.67. The Morgan fingerprint density at radius 3 is 2.79 bits per heavy atom. The van der Waals surface area contributed by atoms with Crippen LogP contribution in [0.3, 0.4) is 0 Å². The van der Waals surface area contributed by atoms with Gasteiger partial charge in [-0.15, -0.1) is 0 Å². The van der Waals surface area contributed by atoms with Crippen LogP contribution >= 0.6 is 0 Å². The molecule has 19 heavy (non-hydrogen) atoms. The number of rotatable bonds is 4. The van der Waals surface area contributed by atoms with Crippen molar-refractivity contribution in [2.45, 2.75) is 20.4 Å². The highest BCUT2D eigenvalue weighted by Gasteiger charge is 2.17. The van der Waals surface area contributed by atoms with Gasteiger partial charge in [0.1, 0.15) is 11.3 Å². The number of anilines is 1. The van der Waals surface area contributed by atoms with Gasteiger partial charge in [0.15, 0.2) is 0 Å². The Hall–Kier alpha value is -2.14. The number of carbonyl (C=O) groups excluding carboxylic acids is 1. The molecule has 100 valence electrons. The third kappa shape index (κ3) is 3.00. The SMILES string of the molecule is CNCc1cccc(NC(=O)c2c(C)noc2C)c1. The number of amides is 1. The van der Waals surface area contributed by atoms with E-state index in [4.69, 9.17) is 4.52 Å². The number of carbonyl (C=O) groups is 1. The number of benzene rings is 1. The van der Waals surface area contributed by atoms with Crippen molar-refractivity contribution in [3.63, 3.8) is 0 Å². The maximum Gasteiger partial charge on any atom is 0.261 e. The Kier molecular flexibility index (Phi) is 3.97. The smallest absolute Gasteiger partial charge is 0.261 e. The van der Waals surface area contributed by atoms with E-state index in [9.17, 15) is 4.79 Å². The molecule has 0 radical (unpaired) electrons. The van der Waals surface area contributed by atoms with Gasteiger partial charge in [-0.1, -0.05) is 17.3 Å². The average Bonchev–Trinajstić information content (AvgIpc) is 2.70. The molecule has 0 saturated carbocycles. The van der Waals surface area contributed by atoms with Crippen molar-refractivity contribution in [1.29, 1.82) is 0 Å². The molecule has 1 aromatic carbocycles. The van der Waals surface area contributed by atoms with Gasteiger partial charge in [0.25, 0.3) is 5.91 Å². The fourth-order valence-electron chi connectivity index (χ4n) is 1.96. The molecule has 5 nitrogen and oxygen atoms in total. The first-order chi connectivity index (χ1) is 9.11. The van der Waals surface area contributed by atoms with Crippen LogP contribution in [0.4, 0.5) is 5.69 Å². The zero-order valence-corrected chi connectivity index (χ0v) is 11.3. The Balaban J connectivity index is 2.17. The lowest BCUT2D eigenvalue weighted by atomic mass is 10.1. The predicted molar refractivity (Wildman–Crippen MR) is 73.1 cm³/mol. The summed E-state index contributed by atoms with van der Waals surface area (Å²) >= 11 is 0. The molecule has 0 atom stereocenters. The summed E-state index contributed by atoms with van der Waals surface area (Å²) in [7, 11) is 1.88. The fraction of sp³-hybridized carbons (Fsp3) is 0.286. The van der Waals surface area contributed by atoms with Crippen molar-refractivity contribution < 1.29 is 9.32 Å². The molecule has 0 aliphatic heterocycles. The van der Waals surface area contributed by atoms with Crippen LogP contribution in [0.1, 0.15) is 27.4 Å². The number of nitrogens with zero attached hydrogens (tertiary/aromatic N) is 1. The first kappa shape index (κ1) is 13.3. The van der Waals surface area contributed by atoms with Gasteiger partial charge in [0.05, 0.1) is 5.69 Å². The van der Waals surface area contributed by atoms with Crippen LogP contribution in [0.5, 0.6) is 0 Å². The third-order valence-corrected chi connectivity index (χ3v) is 2.83. The van der Waals surface area contributed by atoms with Crippen molar-refractivity contribution >= 4 is 11.6 Å². The maximum absolute atomic E-state index is 12.2. The summed E-state index contributed by atoms with van der Waals surface area (Å²) in [5.74, 6) is 0.333. The van der Waals surface area contributed by atoms with E-state index >= 15 is 0 Å². The van der Waals surface area contributed by atoms with Crippen LogP contribution < -0.4 is 10.6 Å². The van der Waals surface area contributed by atoms with Crippen molar-refractivity contribution in [1.82, 2.24) is 10.5 Å². The monoisotopic (exact) mass is 259 g/mol. The van der Waals surface area contributed by atoms with Crippen LogP contribution in [0.15, 0.2) is 28.8 Å². The standard InChI is InChI=1S/C14H17N3O2/c1-9-13(10(2)19-17-9)14(18)16-12-6-4-5-11(7-12)8-15-3/h4-7,15H,8H2,1-3H3,(H,16,18). The minimum atomic E-state index is -0.196. The molecule has 2 rings (SSSR count). The molecule has 0 fully saturated rings. The largest absolute Gasteiger partial charge is 0.361 e. The molecule has 0 aliphatic rings. The Morgan fingerprint density at radius 2 is 2.16 bits per heavy atom. The van der Waals surface area contributed by atoms with Crippen LogP contribution in [0.25, 0.3) is 0 Å². The van der Waals surface area contributed by atoms with Gasteiger partial charge in [0.2, 0.25) is 0 Å². The minimum Gasteiger partial charge on any atom is -0.361 e. The second-order valence-corrected chi connectivity index (χ2v) is 4.38. The molecule has 0 saturated heterocycles. The van der Waals surface area contributed by atoms with Crippen LogP contribution in [0, 0.1) is 13.8 Å². The van der Waals surface area contributed by atoms with Gasteiger partial charge in [-0.05, 0) is 38.6 Å². The average molecular weight is 259 g/mol. The molecule has 0 unspecified atom stereocenters. The minimum absolute atomic E-state index is 0.196. The lowest BCUT2D eigenvalue weighted by Gasteiger charge is -2.07. The first-order valence-electron chi connectivity index (χ1n) is 6.09. The number of nitrogens with one attached hydrogen (secondary N) is 2. The van der Waals surface area contributed by atoms with Gasteiger partial charge in [-0.3, -0.25) is 4.79 Å².